The molecule has 0 bridgehead atoms. The Morgan fingerprint density at radius 1 is 1.33 bits per heavy atom. The van der Waals surface area contributed by atoms with E-state index in [1.165, 1.54) is 11.1 Å². The number of hydrogen-bond acceptors (Lipinski definition) is 2. The average Bonchev–Trinajstić information content (AvgIpc) is 2.63. The standard InChI is InChI=1S/C13H17NO/c1-13(2,14-3)11-8-7-10-9(11)5-4-6-12(10)15/h4-6,8,14-15H,7H2,1-3H3. The lowest BCUT2D eigenvalue weighted by Gasteiger charge is -2.26. The first kappa shape index (κ1) is 10.2. The minimum atomic E-state index is -0.0426. The Kier molecular flexibility index (Phi) is 2.31. The quantitative estimate of drug-likeness (QED) is 0.773. The lowest BCUT2D eigenvalue weighted by Crippen LogP contribution is -2.36. The Hall–Kier alpha value is -1.28. The molecule has 0 spiro atoms. The van der Waals surface area contributed by atoms with Crippen molar-refractivity contribution in [3.05, 3.63) is 35.4 Å². The van der Waals surface area contributed by atoms with Crippen LogP contribution in [-0.4, -0.2) is 17.7 Å². The van der Waals surface area contributed by atoms with E-state index in [1.807, 2.05) is 13.1 Å². The zero-order chi connectivity index (χ0) is 11.1. The first-order valence-corrected chi connectivity index (χ1v) is 5.27. The van der Waals surface area contributed by atoms with E-state index in [2.05, 4.69) is 31.3 Å². The third-order valence-electron chi connectivity index (χ3n) is 3.25. The van der Waals surface area contributed by atoms with Gasteiger partial charge in [-0.1, -0.05) is 18.2 Å². The van der Waals surface area contributed by atoms with Crippen molar-refractivity contribution in [1.82, 2.24) is 5.32 Å². The monoisotopic (exact) mass is 203 g/mol. The summed E-state index contributed by atoms with van der Waals surface area (Å²) in [7, 11) is 1.96. The fourth-order valence-electron chi connectivity index (χ4n) is 2.08. The molecule has 2 N–H and O–H groups in total. The molecule has 2 heteroatoms. The first-order valence-electron chi connectivity index (χ1n) is 5.27. The second-order valence-electron chi connectivity index (χ2n) is 4.50. The molecule has 0 aliphatic heterocycles. The predicted octanol–water partition coefficient (Wildman–Crippen LogP) is 2.33. The number of likely N-dealkylation sites (N-methyl/N-ethyl adjacent to an activating group) is 1. The molecule has 1 aliphatic carbocycles. The summed E-state index contributed by atoms with van der Waals surface area (Å²) in [5, 5.41) is 13.0. The van der Waals surface area contributed by atoms with E-state index in [0.29, 0.717) is 5.75 Å². The van der Waals surface area contributed by atoms with Crippen LogP contribution in [0.5, 0.6) is 5.75 Å². The maximum Gasteiger partial charge on any atom is 0.119 e. The van der Waals surface area contributed by atoms with Crippen molar-refractivity contribution in [2.45, 2.75) is 25.8 Å². The molecule has 2 rings (SSSR count). The van der Waals surface area contributed by atoms with Crippen LogP contribution in [0.1, 0.15) is 25.0 Å². The van der Waals surface area contributed by atoms with Crippen molar-refractivity contribution in [3.8, 4) is 5.75 Å². The molecule has 0 radical (unpaired) electrons. The number of fused-ring (bicyclic) bond motifs is 1. The number of allylic oxidation sites excluding steroid dienone is 1. The highest BCUT2D eigenvalue weighted by Gasteiger charge is 2.28. The fraction of sp³-hybridized carbons (Fsp3) is 0.385. The van der Waals surface area contributed by atoms with Gasteiger partial charge in [0.2, 0.25) is 0 Å². The number of rotatable bonds is 2. The van der Waals surface area contributed by atoms with E-state index >= 15 is 0 Å². The van der Waals surface area contributed by atoms with Crippen molar-refractivity contribution in [2.24, 2.45) is 0 Å². The summed E-state index contributed by atoms with van der Waals surface area (Å²) in [6.07, 6.45) is 3.03. The number of nitrogens with one attached hydrogen (secondary N) is 1. The van der Waals surface area contributed by atoms with E-state index in [-0.39, 0.29) is 5.54 Å². The van der Waals surface area contributed by atoms with Gasteiger partial charge in [0.1, 0.15) is 5.75 Å². The highest BCUT2D eigenvalue weighted by Crippen LogP contribution is 2.38. The van der Waals surface area contributed by atoms with Gasteiger partial charge in [0.15, 0.2) is 0 Å². The molecule has 1 aliphatic rings. The molecular formula is C13H17NO. The maximum atomic E-state index is 9.73. The molecule has 1 aromatic carbocycles. The molecule has 0 fully saturated rings. The molecule has 0 unspecified atom stereocenters. The van der Waals surface area contributed by atoms with Crippen molar-refractivity contribution < 1.29 is 5.11 Å². The Balaban J connectivity index is 2.48. The van der Waals surface area contributed by atoms with Crippen molar-refractivity contribution in [1.29, 1.82) is 0 Å². The third kappa shape index (κ3) is 1.55. The van der Waals surface area contributed by atoms with Gasteiger partial charge in [-0.25, -0.2) is 0 Å². The summed E-state index contributed by atoms with van der Waals surface area (Å²) < 4.78 is 0. The second-order valence-corrected chi connectivity index (χ2v) is 4.50. The second kappa shape index (κ2) is 3.38. The fourth-order valence-corrected chi connectivity index (χ4v) is 2.08. The van der Waals surface area contributed by atoms with Gasteiger partial charge >= 0.3 is 0 Å². The molecule has 80 valence electrons. The molecule has 0 aromatic heterocycles. The van der Waals surface area contributed by atoms with E-state index in [0.717, 1.165) is 12.0 Å². The summed E-state index contributed by atoms with van der Waals surface area (Å²) in [5.74, 6) is 0.408. The molecule has 15 heavy (non-hydrogen) atoms. The minimum absolute atomic E-state index is 0.0426. The van der Waals surface area contributed by atoms with Gasteiger partial charge in [-0.2, -0.15) is 0 Å². The van der Waals surface area contributed by atoms with Gasteiger partial charge in [-0.05, 0) is 44.5 Å². The SMILES string of the molecule is CNC(C)(C)C1=CCc2c(O)cccc21. The number of hydrogen-bond donors (Lipinski definition) is 2. The van der Waals surface area contributed by atoms with Crippen LogP contribution in [0, 0.1) is 0 Å². The third-order valence-corrected chi connectivity index (χ3v) is 3.25. The Morgan fingerprint density at radius 3 is 2.73 bits per heavy atom. The van der Waals surface area contributed by atoms with E-state index in [1.54, 1.807) is 6.07 Å². The van der Waals surface area contributed by atoms with Gasteiger partial charge in [0.25, 0.3) is 0 Å². The Morgan fingerprint density at radius 2 is 2.07 bits per heavy atom. The highest BCUT2D eigenvalue weighted by molar-refractivity contribution is 5.80. The van der Waals surface area contributed by atoms with Crippen molar-refractivity contribution in [2.75, 3.05) is 7.05 Å². The number of phenols is 1. The van der Waals surface area contributed by atoms with Crippen LogP contribution in [0.25, 0.3) is 5.57 Å². The van der Waals surface area contributed by atoms with Crippen molar-refractivity contribution >= 4 is 5.57 Å². The van der Waals surface area contributed by atoms with E-state index < -0.39 is 0 Å². The van der Waals surface area contributed by atoms with Gasteiger partial charge in [0.05, 0.1) is 0 Å². The highest BCUT2D eigenvalue weighted by atomic mass is 16.3. The van der Waals surface area contributed by atoms with Gasteiger partial charge in [-0.3, -0.25) is 0 Å². The van der Waals surface area contributed by atoms with Crippen LogP contribution in [-0.2, 0) is 6.42 Å². The van der Waals surface area contributed by atoms with E-state index in [4.69, 9.17) is 0 Å². The summed E-state index contributed by atoms with van der Waals surface area (Å²) in [4.78, 5) is 0. The zero-order valence-corrected chi connectivity index (χ0v) is 9.46. The Labute approximate surface area is 90.6 Å². The van der Waals surface area contributed by atoms with Gasteiger partial charge in [0, 0.05) is 11.1 Å². The molecular weight excluding hydrogens is 186 g/mol. The smallest absolute Gasteiger partial charge is 0.119 e. The van der Waals surface area contributed by atoms with Crippen LogP contribution in [0.2, 0.25) is 0 Å². The zero-order valence-electron chi connectivity index (χ0n) is 9.46. The molecule has 0 atom stereocenters. The summed E-state index contributed by atoms with van der Waals surface area (Å²) in [6, 6.07) is 5.73. The van der Waals surface area contributed by atoms with E-state index in [9.17, 15) is 5.11 Å². The van der Waals surface area contributed by atoms with Crippen LogP contribution in [0.15, 0.2) is 24.3 Å². The number of phenolic OH excluding ortho intramolecular Hbond substituents is 1. The topological polar surface area (TPSA) is 32.3 Å². The molecule has 0 saturated carbocycles. The van der Waals surface area contributed by atoms with Gasteiger partial charge in [-0.15, -0.1) is 0 Å². The lowest BCUT2D eigenvalue weighted by atomic mass is 9.89. The largest absolute Gasteiger partial charge is 0.508 e. The Bertz CT molecular complexity index is 419. The first-order chi connectivity index (χ1) is 7.06. The number of aromatic hydroxyl groups is 1. The molecule has 2 nitrogen and oxygen atoms in total. The van der Waals surface area contributed by atoms with Crippen LogP contribution in [0.3, 0.4) is 0 Å². The number of benzene rings is 1. The van der Waals surface area contributed by atoms with Crippen LogP contribution < -0.4 is 5.32 Å². The summed E-state index contributed by atoms with van der Waals surface area (Å²) >= 11 is 0. The molecule has 0 amide bonds. The lowest BCUT2D eigenvalue weighted by molar-refractivity contribution is 0.470. The molecule has 0 saturated heterocycles. The normalized spacial score (nSPS) is 15.0. The van der Waals surface area contributed by atoms with Crippen LogP contribution >= 0.6 is 0 Å². The summed E-state index contributed by atoms with van der Waals surface area (Å²) in [5.41, 5.74) is 3.46. The molecule has 0 heterocycles. The maximum absolute atomic E-state index is 9.73. The van der Waals surface area contributed by atoms with Crippen molar-refractivity contribution in [3.63, 3.8) is 0 Å². The molecule has 1 aromatic rings. The predicted molar refractivity (Wildman–Crippen MR) is 62.9 cm³/mol. The average molecular weight is 203 g/mol. The minimum Gasteiger partial charge on any atom is -0.508 e. The summed E-state index contributed by atoms with van der Waals surface area (Å²) in [6.45, 7) is 4.30. The van der Waals surface area contributed by atoms with Crippen LogP contribution in [0.4, 0.5) is 0 Å². The van der Waals surface area contributed by atoms with Gasteiger partial charge < -0.3 is 10.4 Å².